The van der Waals surface area contributed by atoms with Gasteiger partial charge in [-0.1, -0.05) is 18.5 Å². The number of hydrogen-bond acceptors (Lipinski definition) is 2. The Hall–Kier alpha value is -1.06. The Morgan fingerprint density at radius 2 is 2.19 bits per heavy atom. The van der Waals surface area contributed by atoms with E-state index < -0.39 is 0 Å². The monoisotopic (exact) mass is 241 g/mol. The van der Waals surface area contributed by atoms with Crippen molar-refractivity contribution in [2.45, 2.75) is 26.3 Å². The van der Waals surface area contributed by atoms with Gasteiger partial charge in [0.15, 0.2) is 0 Å². The zero-order valence-electron chi connectivity index (χ0n) is 9.46. The van der Waals surface area contributed by atoms with E-state index in [-0.39, 0.29) is 18.6 Å². The number of carbonyl (C=O) groups excluding carboxylic acids is 1. The van der Waals surface area contributed by atoms with Crippen molar-refractivity contribution in [1.29, 1.82) is 0 Å². The lowest BCUT2D eigenvalue weighted by atomic mass is 10.1. The van der Waals surface area contributed by atoms with Crippen molar-refractivity contribution in [3.8, 4) is 0 Å². The molecule has 1 amide bonds. The minimum Gasteiger partial charge on any atom is -0.394 e. The molecule has 3 nitrogen and oxygen atoms in total. The van der Waals surface area contributed by atoms with E-state index in [1.54, 1.807) is 18.2 Å². The molecule has 0 saturated heterocycles. The smallest absolute Gasteiger partial charge is 0.251 e. The van der Waals surface area contributed by atoms with Crippen LogP contribution in [0.15, 0.2) is 18.2 Å². The van der Waals surface area contributed by atoms with Gasteiger partial charge in [-0.15, -0.1) is 0 Å². The summed E-state index contributed by atoms with van der Waals surface area (Å²) in [5.41, 5.74) is 1.46. The molecule has 0 heterocycles. The van der Waals surface area contributed by atoms with Gasteiger partial charge in [0.1, 0.15) is 0 Å². The Morgan fingerprint density at radius 1 is 1.50 bits per heavy atom. The molecule has 0 aliphatic rings. The van der Waals surface area contributed by atoms with E-state index in [1.807, 2.05) is 13.8 Å². The van der Waals surface area contributed by atoms with Gasteiger partial charge in [-0.3, -0.25) is 4.79 Å². The fourth-order valence-electron chi connectivity index (χ4n) is 1.41. The summed E-state index contributed by atoms with van der Waals surface area (Å²) in [7, 11) is 0. The third-order valence-electron chi connectivity index (χ3n) is 2.35. The Morgan fingerprint density at radius 3 is 2.69 bits per heavy atom. The van der Waals surface area contributed by atoms with Gasteiger partial charge < -0.3 is 10.4 Å². The predicted molar refractivity (Wildman–Crippen MR) is 64.8 cm³/mol. The molecule has 1 aromatic carbocycles. The van der Waals surface area contributed by atoms with Crippen LogP contribution in [0.3, 0.4) is 0 Å². The van der Waals surface area contributed by atoms with Gasteiger partial charge in [0.25, 0.3) is 5.91 Å². The Kier molecular flexibility index (Phi) is 4.77. The molecule has 2 N–H and O–H groups in total. The number of carbonyl (C=O) groups is 1. The second-order valence-corrected chi connectivity index (χ2v) is 4.21. The van der Waals surface area contributed by atoms with Gasteiger partial charge in [-0.2, -0.15) is 0 Å². The summed E-state index contributed by atoms with van der Waals surface area (Å²) in [6.45, 7) is 3.73. The Labute approximate surface area is 100 Å². The van der Waals surface area contributed by atoms with Gasteiger partial charge in [0, 0.05) is 10.6 Å². The Balaban J connectivity index is 2.80. The average molecular weight is 242 g/mol. The first-order valence-corrected chi connectivity index (χ1v) is 5.63. The number of rotatable bonds is 4. The number of aryl methyl sites for hydroxylation is 1. The zero-order valence-corrected chi connectivity index (χ0v) is 10.2. The van der Waals surface area contributed by atoms with E-state index in [0.29, 0.717) is 17.0 Å². The molecule has 0 radical (unpaired) electrons. The molecule has 0 aromatic heterocycles. The molecular formula is C12H16ClNO2. The zero-order chi connectivity index (χ0) is 12.1. The molecular weight excluding hydrogens is 226 g/mol. The van der Waals surface area contributed by atoms with Crippen LogP contribution < -0.4 is 5.32 Å². The number of aliphatic hydroxyl groups is 1. The lowest BCUT2D eigenvalue weighted by molar-refractivity contribution is 0.0915. The largest absolute Gasteiger partial charge is 0.394 e. The molecule has 88 valence electrons. The van der Waals surface area contributed by atoms with Gasteiger partial charge in [0.2, 0.25) is 0 Å². The first-order valence-electron chi connectivity index (χ1n) is 5.25. The molecule has 1 aromatic rings. The van der Waals surface area contributed by atoms with Crippen molar-refractivity contribution >= 4 is 17.5 Å². The predicted octanol–water partition coefficient (Wildman–Crippen LogP) is 2.15. The summed E-state index contributed by atoms with van der Waals surface area (Å²) in [6, 6.07) is 4.98. The summed E-state index contributed by atoms with van der Waals surface area (Å²) in [6.07, 6.45) is 0.696. The second-order valence-electron chi connectivity index (χ2n) is 3.78. The number of aliphatic hydroxyl groups excluding tert-OH is 1. The highest BCUT2D eigenvalue weighted by Crippen LogP contribution is 2.14. The Bertz CT molecular complexity index is 355. The normalized spacial score (nSPS) is 12.2. The molecule has 1 atom stereocenters. The lowest BCUT2D eigenvalue weighted by Crippen LogP contribution is -2.36. The summed E-state index contributed by atoms with van der Waals surface area (Å²) < 4.78 is 0. The molecule has 0 saturated carbocycles. The first-order chi connectivity index (χ1) is 7.56. The van der Waals surface area contributed by atoms with E-state index in [9.17, 15) is 4.79 Å². The third-order valence-corrected chi connectivity index (χ3v) is 2.57. The average Bonchev–Trinajstić information content (AvgIpc) is 2.24. The first kappa shape index (κ1) is 13.0. The number of benzene rings is 1. The van der Waals surface area contributed by atoms with E-state index in [4.69, 9.17) is 16.7 Å². The molecule has 1 rings (SSSR count). The van der Waals surface area contributed by atoms with Crippen LogP contribution in [0.2, 0.25) is 5.02 Å². The maximum atomic E-state index is 11.8. The number of amides is 1. The molecule has 0 bridgehead atoms. The molecule has 16 heavy (non-hydrogen) atoms. The van der Waals surface area contributed by atoms with E-state index in [0.717, 1.165) is 5.56 Å². The van der Waals surface area contributed by atoms with Crippen LogP contribution in [0.25, 0.3) is 0 Å². The van der Waals surface area contributed by atoms with Crippen LogP contribution in [0, 0.1) is 6.92 Å². The van der Waals surface area contributed by atoms with Crippen LogP contribution in [0.1, 0.15) is 29.3 Å². The summed E-state index contributed by atoms with van der Waals surface area (Å²) >= 11 is 5.87. The highest BCUT2D eigenvalue weighted by molar-refractivity contribution is 6.31. The minimum atomic E-state index is -0.202. The van der Waals surface area contributed by atoms with Crippen molar-refractivity contribution in [3.05, 3.63) is 34.3 Å². The molecule has 4 heteroatoms. The number of nitrogens with one attached hydrogen (secondary N) is 1. The highest BCUT2D eigenvalue weighted by Gasteiger charge is 2.11. The standard InChI is InChI=1S/C12H16ClNO2/c1-3-11(7-15)14-12(16)9-4-8(2)5-10(13)6-9/h4-6,11,15H,3,7H2,1-2H3,(H,14,16)/t11-/m0/s1. The van der Waals surface area contributed by atoms with E-state index in [2.05, 4.69) is 5.32 Å². The lowest BCUT2D eigenvalue weighted by Gasteiger charge is -2.14. The second kappa shape index (κ2) is 5.87. The van der Waals surface area contributed by atoms with Gasteiger partial charge in [-0.05, 0) is 37.1 Å². The third kappa shape index (κ3) is 3.51. The van der Waals surface area contributed by atoms with Crippen LogP contribution in [0.5, 0.6) is 0 Å². The van der Waals surface area contributed by atoms with Gasteiger partial charge in [-0.25, -0.2) is 0 Å². The minimum absolute atomic E-state index is 0.0538. The molecule has 0 spiro atoms. The van der Waals surface area contributed by atoms with Crippen LogP contribution in [-0.4, -0.2) is 23.7 Å². The number of halogens is 1. The van der Waals surface area contributed by atoms with E-state index >= 15 is 0 Å². The van der Waals surface area contributed by atoms with Crippen LogP contribution in [-0.2, 0) is 0 Å². The van der Waals surface area contributed by atoms with Crippen molar-refractivity contribution in [1.82, 2.24) is 5.32 Å². The van der Waals surface area contributed by atoms with Crippen molar-refractivity contribution in [3.63, 3.8) is 0 Å². The van der Waals surface area contributed by atoms with Crippen molar-refractivity contribution in [2.24, 2.45) is 0 Å². The topological polar surface area (TPSA) is 49.3 Å². The number of hydrogen-bond donors (Lipinski definition) is 2. The highest BCUT2D eigenvalue weighted by atomic mass is 35.5. The summed E-state index contributed by atoms with van der Waals surface area (Å²) in [5, 5.41) is 12.3. The maximum absolute atomic E-state index is 11.8. The maximum Gasteiger partial charge on any atom is 0.251 e. The SMILES string of the molecule is CC[C@@H](CO)NC(=O)c1cc(C)cc(Cl)c1. The summed E-state index contributed by atoms with van der Waals surface area (Å²) in [5.74, 6) is -0.202. The molecule has 0 aliphatic carbocycles. The quantitative estimate of drug-likeness (QED) is 0.849. The summed E-state index contributed by atoms with van der Waals surface area (Å²) in [4.78, 5) is 11.8. The van der Waals surface area contributed by atoms with Gasteiger partial charge in [0.05, 0.1) is 12.6 Å². The fraction of sp³-hybridized carbons (Fsp3) is 0.417. The van der Waals surface area contributed by atoms with E-state index in [1.165, 1.54) is 0 Å². The van der Waals surface area contributed by atoms with Crippen molar-refractivity contribution < 1.29 is 9.90 Å². The molecule has 0 aliphatic heterocycles. The fourth-order valence-corrected chi connectivity index (χ4v) is 1.70. The van der Waals surface area contributed by atoms with Crippen LogP contribution >= 0.6 is 11.6 Å². The van der Waals surface area contributed by atoms with Gasteiger partial charge >= 0.3 is 0 Å². The van der Waals surface area contributed by atoms with Crippen LogP contribution in [0.4, 0.5) is 0 Å². The van der Waals surface area contributed by atoms with Crippen molar-refractivity contribution in [2.75, 3.05) is 6.61 Å². The molecule has 0 unspecified atom stereocenters. The molecule has 0 fully saturated rings.